The third-order valence-corrected chi connectivity index (χ3v) is 2.96. The van der Waals surface area contributed by atoms with Gasteiger partial charge in [0, 0.05) is 32.8 Å². The van der Waals surface area contributed by atoms with Crippen LogP contribution in [0.3, 0.4) is 0 Å². The van der Waals surface area contributed by atoms with Gasteiger partial charge in [-0.3, -0.25) is 14.9 Å². The molecule has 7 heteroatoms. The zero-order valence-corrected chi connectivity index (χ0v) is 11.6. The molecule has 1 rings (SSSR count). The number of anilines is 1. The Morgan fingerprint density at radius 3 is 2.75 bits per heavy atom. The highest BCUT2D eigenvalue weighted by atomic mass is 16.6. The third-order valence-electron chi connectivity index (χ3n) is 2.96. The normalized spacial score (nSPS) is 11.3. The molecule has 20 heavy (non-hydrogen) atoms. The molecule has 1 aromatic rings. The first kappa shape index (κ1) is 15.4. The summed E-state index contributed by atoms with van der Waals surface area (Å²) in [5, 5.41) is 22.3. The Morgan fingerprint density at radius 1 is 1.60 bits per heavy atom. The molecule has 0 saturated carbocycles. The molecular formula is C13H16N4O3. The van der Waals surface area contributed by atoms with Crippen molar-refractivity contribution in [3.8, 4) is 6.07 Å². The number of nitrogens with one attached hydrogen (secondary N) is 1. The molecule has 0 aliphatic carbocycles. The number of hydrogen-bond acceptors (Lipinski definition) is 5. The minimum absolute atomic E-state index is 0.0998. The van der Waals surface area contributed by atoms with E-state index in [4.69, 9.17) is 5.26 Å². The van der Waals surface area contributed by atoms with E-state index in [0.717, 1.165) is 0 Å². The first-order chi connectivity index (χ1) is 9.40. The average molecular weight is 276 g/mol. The van der Waals surface area contributed by atoms with Gasteiger partial charge >= 0.3 is 0 Å². The van der Waals surface area contributed by atoms with Crippen molar-refractivity contribution in [2.45, 2.75) is 6.92 Å². The fourth-order valence-corrected chi connectivity index (χ4v) is 1.90. The molecule has 0 aromatic heterocycles. The lowest BCUT2D eigenvalue weighted by Crippen LogP contribution is -2.34. The predicted molar refractivity (Wildman–Crippen MR) is 74.3 cm³/mol. The molecule has 0 aliphatic heterocycles. The van der Waals surface area contributed by atoms with Crippen LogP contribution in [0.5, 0.6) is 0 Å². The van der Waals surface area contributed by atoms with Crippen LogP contribution in [-0.4, -0.2) is 31.5 Å². The Hall–Kier alpha value is -2.62. The number of nitrogens with zero attached hydrogens (tertiary/aromatic N) is 3. The number of benzene rings is 1. The van der Waals surface area contributed by atoms with E-state index in [2.05, 4.69) is 5.32 Å². The molecule has 1 aromatic carbocycles. The zero-order valence-electron chi connectivity index (χ0n) is 11.6. The lowest BCUT2D eigenvalue weighted by molar-refractivity contribution is -0.384. The van der Waals surface area contributed by atoms with Crippen LogP contribution in [0.15, 0.2) is 18.2 Å². The number of non-ortho nitro benzene ring substituents is 1. The maximum Gasteiger partial charge on any atom is 0.270 e. The van der Waals surface area contributed by atoms with Crippen LogP contribution in [0.25, 0.3) is 0 Å². The summed E-state index contributed by atoms with van der Waals surface area (Å²) in [5.41, 5.74) is 0.651. The number of nitriles is 1. The molecule has 0 fully saturated rings. The quantitative estimate of drug-likeness (QED) is 0.645. The third kappa shape index (κ3) is 3.45. The van der Waals surface area contributed by atoms with Crippen molar-refractivity contribution in [2.75, 3.05) is 25.5 Å². The molecular weight excluding hydrogens is 260 g/mol. The summed E-state index contributed by atoms with van der Waals surface area (Å²) < 4.78 is 0. The number of hydrogen-bond donors (Lipinski definition) is 1. The van der Waals surface area contributed by atoms with Gasteiger partial charge < -0.3 is 10.2 Å². The molecule has 0 heterocycles. The van der Waals surface area contributed by atoms with Crippen molar-refractivity contribution in [2.24, 2.45) is 5.92 Å². The SMILES string of the molecule is CNC(=O)C(C)CN(C)c1ccc([N+](=O)[O-])cc1C#N. The molecule has 0 aliphatic rings. The van der Waals surface area contributed by atoms with Crippen molar-refractivity contribution in [1.82, 2.24) is 5.32 Å². The summed E-state index contributed by atoms with van der Waals surface area (Å²) >= 11 is 0. The van der Waals surface area contributed by atoms with Crippen molar-refractivity contribution >= 4 is 17.3 Å². The van der Waals surface area contributed by atoms with Crippen LogP contribution in [0, 0.1) is 27.4 Å². The maximum atomic E-state index is 11.5. The fourth-order valence-electron chi connectivity index (χ4n) is 1.90. The van der Waals surface area contributed by atoms with Crippen molar-refractivity contribution in [1.29, 1.82) is 5.26 Å². The first-order valence-corrected chi connectivity index (χ1v) is 6.02. The Kier molecular flexibility index (Phi) is 5.03. The minimum atomic E-state index is -0.544. The lowest BCUT2D eigenvalue weighted by atomic mass is 10.1. The van der Waals surface area contributed by atoms with Crippen LogP contribution in [-0.2, 0) is 4.79 Å². The second-order valence-corrected chi connectivity index (χ2v) is 4.47. The highest BCUT2D eigenvalue weighted by Gasteiger charge is 2.17. The summed E-state index contributed by atoms with van der Waals surface area (Å²) in [7, 11) is 3.30. The standard InChI is InChI=1S/C13H16N4O3/c1-9(13(18)15-2)8-16(3)12-5-4-11(17(19)20)6-10(12)7-14/h4-6,9H,8H2,1-3H3,(H,15,18). The van der Waals surface area contributed by atoms with Gasteiger partial charge in [-0.05, 0) is 6.07 Å². The Labute approximate surface area is 117 Å². The van der Waals surface area contributed by atoms with Crippen LogP contribution >= 0.6 is 0 Å². The topological polar surface area (TPSA) is 99.3 Å². The van der Waals surface area contributed by atoms with Gasteiger partial charge in [0.05, 0.1) is 22.1 Å². The predicted octanol–water partition coefficient (Wildman–Crippen LogP) is 1.28. The molecule has 0 bridgehead atoms. The zero-order chi connectivity index (χ0) is 15.3. The summed E-state index contributed by atoms with van der Waals surface area (Å²) in [6, 6.07) is 6.04. The average Bonchev–Trinajstić information content (AvgIpc) is 2.45. The molecule has 0 radical (unpaired) electrons. The minimum Gasteiger partial charge on any atom is -0.373 e. The largest absolute Gasteiger partial charge is 0.373 e. The molecule has 1 atom stereocenters. The van der Waals surface area contributed by atoms with Gasteiger partial charge in [-0.25, -0.2) is 0 Å². The number of carbonyl (C=O) groups is 1. The van der Waals surface area contributed by atoms with Crippen LogP contribution in [0.4, 0.5) is 11.4 Å². The fraction of sp³-hybridized carbons (Fsp3) is 0.385. The number of amides is 1. The molecule has 0 spiro atoms. The lowest BCUT2D eigenvalue weighted by Gasteiger charge is -2.23. The summed E-state index contributed by atoms with van der Waals surface area (Å²) in [4.78, 5) is 23.4. The van der Waals surface area contributed by atoms with E-state index in [0.29, 0.717) is 12.2 Å². The van der Waals surface area contributed by atoms with Crippen LogP contribution in [0.2, 0.25) is 0 Å². The maximum absolute atomic E-state index is 11.5. The highest BCUT2D eigenvalue weighted by molar-refractivity contribution is 5.78. The molecule has 1 N–H and O–H groups in total. The summed E-state index contributed by atoms with van der Waals surface area (Å²) in [6.07, 6.45) is 0. The van der Waals surface area contributed by atoms with Crippen LogP contribution < -0.4 is 10.2 Å². The number of rotatable bonds is 5. The Balaban J connectivity index is 2.99. The van der Waals surface area contributed by atoms with Gasteiger partial charge in [0.2, 0.25) is 5.91 Å². The van der Waals surface area contributed by atoms with Gasteiger partial charge in [-0.2, -0.15) is 5.26 Å². The second-order valence-electron chi connectivity index (χ2n) is 4.47. The van der Waals surface area contributed by atoms with Gasteiger partial charge in [-0.15, -0.1) is 0 Å². The molecule has 1 amide bonds. The van der Waals surface area contributed by atoms with E-state index in [1.54, 1.807) is 25.9 Å². The molecule has 106 valence electrons. The van der Waals surface area contributed by atoms with E-state index >= 15 is 0 Å². The second kappa shape index (κ2) is 6.52. The Morgan fingerprint density at radius 2 is 2.25 bits per heavy atom. The Bertz CT molecular complexity index is 565. The first-order valence-electron chi connectivity index (χ1n) is 6.02. The number of nitro benzene ring substituents is 1. The van der Waals surface area contributed by atoms with Crippen molar-refractivity contribution in [3.05, 3.63) is 33.9 Å². The summed E-state index contributed by atoms with van der Waals surface area (Å²) in [6.45, 7) is 2.18. The molecule has 0 saturated heterocycles. The van der Waals surface area contributed by atoms with Gasteiger partial charge in [0.1, 0.15) is 6.07 Å². The highest BCUT2D eigenvalue weighted by Crippen LogP contribution is 2.24. The van der Waals surface area contributed by atoms with E-state index in [-0.39, 0.29) is 23.1 Å². The summed E-state index contributed by atoms with van der Waals surface area (Å²) in [5.74, 6) is -0.357. The van der Waals surface area contributed by atoms with E-state index in [9.17, 15) is 14.9 Å². The van der Waals surface area contributed by atoms with Crippen LogP contribution in [0.1, 0.15) is 12.5 Å². The number of nitro groups is 1. The smallest absolute Gasteiger partial charge is 0.270 e. The monoisotopic (exact) mass is 276 g/mol. The van der Waals surface area contributed by atoms with Gasteiger partial charge in [-0.1, -0.05) is 6.92 Å². The van der Waals surface area contributed by atoms with Gasteiger partial charge in [0.25, 0.3) is 5.69 Å². The van der Waals surface area contributed by atoms with Crippen molar-refractivity contribution < 1.29 is 9.72 Å². The van der Waals surface area contributed by atoms with E-state index in [1.165, 1.54) is 18.2 Å². The molecule has 7 nitrogen and oxygen atoms in total. The van der Waals surface area contributed by atoms with E-state index < -0.39 is 4.92 Å². The molecule has 1 unspecified atom stereocenters. The van der Waals surface area contributed by atoms with Gasteiger partial charge in [0.15, 0.2) is 0 Å². The number of carbonyl (C=O) groups excluding carboxylic acids is 1. The van der Waals surface area contributed by atoms with Crippen molar-refractivity contribution in [3.63, 3.8) is 0 Å². The van der Waals surface area contributed by atoms with E-state index in [1.807, 2.05) is 6.07 Å².